The zero-order valence-corrected chi connectivity index (χ0v) is 12.3. The van der Waals surface area contributed by atoms with Crippen molar-refractivity contribution in [1.29, 1.82) is 0 Å². The number of hydrogen-bond acceptors (Lipinski definition) is 3. The number of hydrogen-bond donors (Lipinski definition) is 2. The van der Waals surface area contributed by atoms with Crippen LogP contribution in [0.2, 0.25) is 5.02 Å². The van der Waals surface area contributed by atoms with Crippen molar-refractivity contribution in [1.82, 2.24) is 10.2 Å². The molecule has 0 radical (unpaired) electrons. The summed E-state index contributed by atoms with van der Waals surface area (Å²) < 4.78 is 28.6. The highest BCUT2D eigenvalue weighted by Crippen LogP contribution is 2.29. The van der Waals surface area contributed by atoms with Crippen LogP contribution in [0, 0.1) is 0 Å². The molecule has 1 aromatic heterocycles. The second-order valence-corrected chi connectivity index (χ2v) is 5.02. The summed E-state index contributed by atoms with van der Waals surface area (Å²) in [5.74, 6) is -0.534. The van der Waals surface area contributed by atoms with Crippen molar-refractivity contribution >= 4 is 34.1 Å². The van der Waals surface area contributed by atoms with Crippen LogP contribution in [-0.2, 0) is 0 Å². The summed E-state index contributed by atoms with van der Waals surface area (Å²) >= 11 is 5.85. The molecule has 0 saturated carbocycles. The average molecular weight is 338 g/mol. The summed E-state index contributed by atoms with van der Waals surface area (Å²) in [4.78, 5) is 12.3. The Kier molecular flexibility index (Phi) is 4.12. The summed E-state index contributed by atoms with van der Waals surface area (Å²) in [5, 5.41) is 10.1. The van der Waals surface area contributed by atoms with Crippen LogP contribution in [0.15, 0.2) is 42.6 Å². The van der Waals surface area contributed by atoms with Crippen LogP contribution in [0.5, 0.6) is 5.75 Å². The first-order valence-corrected chi connectivity index (χ1v) is 6.90. The van der Waals surface area contributed by atoms with Gasteiger partial charge < -0.3 is 10.1 Å². The van der Waals surface area contributed by atoms with E-state index < -0.39 is 6.61 Å². The number of aromatic nitrogens is 2. The quantitative estimate of drug-likeness (QED) is 0.754. The van der Waals surface area contributed by atoms with Gasteiger partial charge in [0.25, 0.3) is 5.91 Å². The number of anilines is 1. The summed E-state index contributed by atoms with van der Waals surface area (Å²) in [5.41, 5.74) is 1.37. The topological polar surface area (TPSA) is 67.0 Å². The Morgan fingerprint density at radius 1 is 1.30 bits per heavy atom. The van der Waals surface area contributed by atoms with Gasteiger partial charge in [0.15, 0.2) is 0 Å². The van der Waals surface area contributed by atoms with E-state index >= 15 is 0 Å². The number of ether oxygens (including phenoxy) is 1. The molecule has 23 heavy (non-hydrogen) atoms. The highest BCUT2D eigenvalue weighted by atomic mass is 35.5. The van der Waals surface area contributed by atoms with Crippen molar-refractivity contribution in [2.24, 2.45) is 0 Å². The fourth-order valence-electron chi connectivity index (χ4n) is 2.13. The Balaban J connectivity index is 1.83. The molecule has 8 heteroatoms. The zero-order valence-electron chi connectivity index (χ0n) is 11.5. The standard InChI is InChI=1S/C15H10ClF2N3O2/c16-11-6-9(4-5-12(11)23-15(17)18)20-14(22)10-3-1-2-8-7-19-21-13(8)10/h1-7,15H,(H,19,21)(H,20,22). The van der Waals surface area contributed by atoms with Crippen molar-refractivity contribution in [3.05, 3.63) is 53.2 Å². The number of nitrogens with one attached hydrogen (secondary N) is 2. The molecule has 1 heterocycles. The van der Waals surface area contributed by atoms with Crippen LogP contribution in [0.1, 0.15) is 10.4 Å². The molecule has 2 N–H and O–H groups in total. The van der Waals surface area contributed by atoms with Crippen molar-refractivity contribution < 1.29 is 18.3 Å². The van der Waals surface area contributed by atoms with E-state index in [1.54, 1.807) is 18.3 Å². The van der Waals surface area contributed by atoms with Gasteiger partial charge in [-0.15, -0.1) is 0 Å². The van der Waals surface area contributed by atoms with Gasteiger partial charge in [-0.2, -0.15) is 13.9 Å². The molecule has 0 fully saturated rings. The Morgan fingerprint density at radius 3 is 2.87 bits per heavy atom. The Bertz CT molecular complexity index is 867. The molecule has 0 saturated heterocycles. The number of carbonyl (C=O) groups is 1. The summed E-state index contributed by atoms with van der Waals surface area (Å²) in [6.45, 7) is -2.97. The van der Waals surface area contributed by atoms with Crippen LogP contribution >= 0.6 is 11.6 Å². The molecule has 0 aliphatic rings. The molecule has 118 valence electrons. The minimum atomic E-state index is -2.97. The summed E-state index contributed by atoms with van der Waals surface area (Å²) in [6.07, 6.45) is 1.61. The Morgan fingerprint density at radius 2 is 2.13 bits per heavy atom. The normalized spacial score (nSPS) is 11.0. The molecule has 1 amide bonds. The molecule has 0 aliphatic carbocycles. The molecule has 3 aromatic rings. The second-order valence-electron chi connectivity index (χ2n) is 4.62. The fourth-order valence-corrected chi connectivity index (χ4v) is 2.35. The van der Waals surface area contributed by atoms with Gasteiger partial charge in [-0.3, -0.25) is 9.89 Å². The molecular formula is C15H10ClF2N3O2. The number of carbonyl (C=O) groups excluding carboxylic acids is 1. The lowest BCUT2D eigenvalue weighted by Gasteiger charge is -2.10. The van der Waals surface area contributed by atoms with Crippen LogP contribution < -0.4 is 10.1 Å². The maximum atomic E-state index is 12.3. The average Bonchev–Trinajstić information content (AvgIpc) is 2.98. The summed E-state index contributed by atoms with van der Waals surface area (Å²) in [6, 6.07) is 9.23. The van der Waals surface area contributed by atoms with Crippen molar-refractivity contribution in [2.45, 2.75) is 6.61 Å². The number of fused-ring (bicyclic) bond motifs is 1. The molecule has 0 bridgehead atoms. The lowest BCUT2D eigenvalue weighted by Crippen LogP contribution is -2.12. The summed E-state index contributed by atoms with van der Waals surface area (Å²) in [7, 11) is 0. The minimum absolute atomic E-state index is 0.0251. The fraction of sp³-hybridized carbons (Fsp3) is 0.0667. The highest BCUT2D eigenvalue weighted by Gasteiger charge is 2.13. The third-order valence-corrected chi connectivity index (χ3v) is 3.42. The number of nitrogens with zero attached hydrogens (tertiary/aromatic N) is 1. The number of halogens is 3. The first-order valence-electron chi connectivity index (χ1n) is 6.52. The van der Waals surface area contributed by atoms with E-state index in [0.29, 0.717) is 16.8 Å². The predicted molar refractivity (Wildman–Crippen MR) is 82.1 cm³/mol. The van der Waals surface area contributed by atoms with Gasteiger partial charge >= 0.3 is 6.61 Å². The molecule has 3 rings (SSSR count). The van der Waals surface area contributed by atoms with Gasteiger partial charge in [0.1, 0.15) is 5.75 Å². The Hall–Kier alpha value is -2.67. The van der Waals surface area contributed by atoms with E-state index in [0.717, 1.165) is 5.39 Å². The number of alkyl halides is 2. The van der Waals surface area contributed by atoms with Gasteiger partial charge in [-0.25, -0.2) is 0 Å². The predicted octanol–water partition coefficient (Wildman–Crippen LogP) is 4.07. The third-order valence-electron chi connectivity index (χ3n) is 3.13. The first kappa shape index (κ1) is 15.2. The van der Waals surface area contributed by atoms with E-state index in [4.69, 9.17) is 11.6 Å². The van der Waals surface area contributed by atoms with Crippen molar-refractivity contribution in [2.75, 3.05) is 5.32 Å². The second kappa shape index (κ2) is 6.21. The molecule has 0 atom stereocenters. The molecule has 5 nitrogen and oxygen atoms in total. The van der Waals surface area contributed by atoms with Gasteiger partial charge in [0, 0.05) is 11.1 Å². The maximum Gasteiger partial charge on any atom is 0.387 e. The minimum Gasteiger partial charge on any atom is -0.433 e. The highest BCUT2D eigenvalue weighted by molar-refractivity contribution is 6.32. The molecule has 0 unspecified atom stereocenters. The van der Waals surface area contributed by atoms with Crippen molar-refractivity contribution in [3.8, 4) is 5.75 Å². The monoisotopic (exact) mass is 337 g/mol. The van der Waals surface area contributed by atoms with E-state index in [2.05, 4.69) is 20.3 Å². The van der Waals surface area contributed by atoms with E-state index in [9.17, 15) is 13.6 Å². The smallest absolute Gasteiger partial charge is 0.387 e. The van der Waals surface area contributed by atoms with E-state index in [1.165, 1.54) is 18.2 Å². The number of rotatable bonds is 4. The Labute approximate surface area is 134 Å². The van der Waals surface area contributed by atoms with Gasteiger partial charge in [-0.05, 0) is 24.3 Å². The SMILES string of the molecule is O=C(Nc1ccc(OC(F)F)c(Cl)c1)c1cccc2cn[nH]c12. The number of para-hydroxylation sites is 1. The number of benzene rings is 2. The molecule has 0 spiro atoms. The number of aromatic amines is 1. The largest absolute Gasteiger partial charge is 0.433 e. The molecular weight excluding hydrogens is 328 g/mol. The van der Waals surface area contributed by atoms with Gasteiger partial charge in [0.2, 0.25) is 0 Å². The van der Waals surface area contributed by atoms with E-state index in [-0.39, 0.29) is 16.7 Å². The van der Waals surface area contributed by atoms with Crippen LogP contribution in [0.3, 0.4) is 0 Å². The van der Waals surface area contributed by atoms with Gasteiger partial charge in [-0.1, -0.05) is 23.7 Å². The van der Waals surface area contributed by atoms with Crippen LogP contribution in [0.25, 0.3) is 10.9 Å². The molecule has 0 aliphatic heterocycles. The lowest BCUT2D eigenvalue weighted by atomic mass is 10.1. The molecule has 2 aromatic carbocycles. The third kappa shape index (κ3) is 3.24. The van der Waals surface area contributed by atoms with Crippen LogP contribution in [-0.4, -0.2) is 22.7 Å². The maximum absolute atomic E-state index is 12.3. The number of amides is 1. The van der Waals surface area contributed by atoms with E-state index in [1.807, 2.05) is 6.07 Å². The lowest BCUT2D eigenvalue weighted by molar-refractivity contribution is -0.0497. The number of H-pyrrole nitrogens is 1. The van der Waals surface area contributed by atoms with Crippen LogP contribution in [0.4, 0.5) is 14.5 Å². The zero-order chi connectivity index (χ0) is 16.4. The van der Waals surface area contributed by atoms with Crippen molar-refractivity contribution in [3.63, 3.8) is 0 Å². The van der Waals surface area contributed by atoms with Gasteiger partial charge in [0.05, 0.1) is 22.3 Å². The first-order chi connectivity index (χ1) is 11.0.